The fourth-order valence-corrected chi connectivity index (χ4v) is 2.95. The van der Waals surface area contributed by atoms with Crippen LogP contribution in [0.15, 0.2) is 42.5 Å². The Hall–Kier alpha value is -3.35. The van der Waals surface area contributed by atoms with Crippen molar-refractivity contribution in [2.75, 3.05) is 20.8 Å². The van der Waals surface area contributed by atoms with Crippen LogP contribution in [0.1, 0.15) is 21.5 Å². The van der Waals surface area contributed by atoms with Gasteiger partial charge in [0.1, 0.15) is 6.54 Å². The van der Waals surface area contributed by atoms with Gasteiger partial charge >= 0.3 is 0 Å². The smallest absolute Gasteiger partial charge is 0.261 e. The molecule has 27 heavy (non-hydrogen) atoms. The summed E-state index contributed by atoms with van der Waals surface area (Å²) in [4.78, 5) is 38.0. The topological polar surface area (TPSA) is 84.9 Å². The van der Waals surface area contributed by atoms with Gasteiger partial charge in [0.25, 0.3) is 5.91 Å². The first-order valence-electron chi connectivity index (χ1n) is 8.43. The molecule has 1 aliphatic rings. The second-order valence-corrected chi connectivity index (χ2v) is 6.09. The monoisotopic (exact) mass is 368 g/mol. The molecule has 0 saturated heterocycles. The summed E-state index contributed by atoms with van der Waals surface area (Å²) in [5.41, 5.74) is 1.96. The number of hydrogen-bond acceptors (Lipinski definition) is 5. The number of fused-ring (bicyclic) bond motifs is 1. The lowest BCUT2D eigenvalue weighted by atomic mass is 9.98. The minimum atomic E-state index is -0.442. The molecule has 140 valence electrons. The van der Waals surface area contributed by atoms with Crippen LogP contribution in [0.4, 0.5) is 0 Å². The molecule has 0 fully saturated rings. The number of nitrogens with zero attached hydrogens (tertiary/aromatic N) is 1. The van der Waals surface area contributed by atoms with Gasteiger partial charge in [-0.05, 0) is 29.3 Å². The molecule has 3 rings (SSSR count). The SMILES string of the molecule is COc1ccc(CNC(=O)CN2C(=O)Cc3ccccc3C2=O)cc1OC. The molecule has 1 aliphatic heterocycles. The van der Waals surface area contributed by atoms with Gasteiger partial charge in [-0.15, -0.1) is 0 Å². The lowest BCUT2D eigenvalue weighted by Crippen LogP contribution is -2.47. The van der Waals surface area contributed by atoms with Crippen molar-refractivity contribution in [2.24, 2.45) is 0 Å². The third-order valence-electron chi connectivity index (χ3n) is 4.38. The number of rotatable bonds is 6. The molecule has 1 N–H and O–H groups in total. The van der Waals surface area contributed by atoms with Crippen LogP contribution in [0.2, 0.25) is 0 Å². The van der Waals surface area contributed by atoms with Crippen molar-refractivity contribution in [3.05, 3.63) is 59.2 Å². The highest BCUT2D eigenvalue weighted by Crippen LogP contribution is 2.27. The van der Waals surface area contributed by atoms with Gasteiger partial charge < -0.3 is 14.8 Å². The van der Waals surface area contributed by atoms with E-state index in [9.17, 15) is 14.4 Å². The van der Waals surface area contributed by atoms with Crippen LogP contribution in [0.3, 0.4) is 0 Å². The van der Waals surface area contributed by atoms with E-state index < -0.39 is 11.8 Å². The van der Waals surface area contributed by atoms with Gasteiger partial charge in [0.05, 0.1) is 20.6 Å². The molecule has 0 saturated carbocycles. The minimum absolute atomic E-state index is 0.116. The highest BCUT2D eigenvalue weighted by molar-refractivity contribution is 6.11. The summed E-state index contributed by atoms with van der Waals surface area (Å²) in [7, 11) is 3.08. The van der Waals surface area contributed by atoms with E-state index in [1.54, 1.807) is 49.6 Å². The van der Waals surface area contributed by atoms with Crippen molar-refractivity contribution in [3.8, 4) is 11.5 Å². The van der Waals surface area contributed by atoms with Crippen molar-refractivity contribution in [1.29, 1.82) is 0 Å². The van der Waals surface area contributed by atoms with Crippen LogP contribution in [0.5, 0.6) is 11.5 Å². The fraction of sp³-hybridized carbons (Fsp3) is 0.250. The Bertz CT molecular complexity index is 894. The van der Waals surface area contributed by atoms with Gasteiger partial charge in [-0.2, -0.15) is 0 Å². The molecule has 3 amide bonds. The van der Waals surface area contributed by atoms with Crippen LogP contribution in [0, 0.1) is 0 Å². The lowest BCUT2D eigenvalue weighted by molar-refractivity contribution is -0.133. The Labute approximate surface area is 156 Å². The molecule has 0 aromatic heterocycles. The van der Waals surface area contributed by atoms with Crippen molar-refractivity contribution < 1.29 is 23.9 Å². The summed E-state index contributed by atoms with van der Waals surface area (Å²) in [6.45, 7) is -0.0642. The zero-order chi connectivity index (χ0) is 19.4. The van der Waals surface area contributed by atoms with E-state index in [0.717, 1.165) is 10.5 Å². The largest absolute Gasteiger partial charge is 0.493 e. The van der Waals surface area contributed by atoms with Crippen LogP contribution in [0.25, 0.3) is 0 Å². The summed E-state index contributed by atoms with van der Waals surface area (Å²) in [5.74, 6) is -0.0769. The second kappa shape index (κ2) is 7.90. The average molecular weight is 368 g/mol. The molecular formula is C20H20N2O5. The second-order valence-electron chi connectivity index (χ2n) is 6.09. The molecule has 0 spiro atoms. The van der Waals surface area contributed by atoms with Gasteiger partial charge in [0, 0.05) is 12.1 Å². The molecule has 2 aromatic rings. The van der Waals surface area contributed by atoms with Crippen molar-refractivity contribution in [1.82, 2.24) is 10.2 Å². The Morgan fingerprint density at radius 3 is 2.56 bits per heavy atom. The van der Waals surface area contributed by atoms with Crippen LogP contribution in [-0.4, -0.2) is 43.4 Å². The number of benzene rings is 2. The molecule has 7 nitrogen and oxygen atoms in total. The quantitative estimate of drug-likeness (QED) is 0.782. The highest BCUT2D eigenvalue weighted by Gasteiger charge is 2.31. The molecule has 2 aromatic carbocycles. The molecule has 0 unspecified atom stereocenters. The van der Waals surface area contributed by atoms with Gasteiger partial charge in [-0.1, -0.05) is 24.3 Å². The van der Waals surface area contributed by atoms with Crippen LogP contribution < -0.4 is 14.8 Å². The fourth-order valence-electron chi connectivity index (χ4n) is 2.95. The molecule has 0 radical (unpaired) electrons. The molecule has 0 atom stereocenters. The maximum atomic E-state index is 12.5. The molecule has 7 heteroatoms. The zero-order valence-electron chi connectivity index (χ0n) is 15.2. The van der Waals surface area contributed by atoms with E-state index in [4.69, 9.17) is 9.47 Å². The maximum Gasteiger partial charge on any atom is 0.261 e. The van der Waals surface area contributed by atoms with E-state index in [1.807, 2.05) is 0 Å². The van der Waals surface area contributed by atoms with Gasteiger partial charge in [0.2, 0.25) is 11.8 Å². The number of nitrogens with one attached hydrogen (secondary N) is 1. The van der Waals surface area contributed by atoms with E-state index >= 15 is 0 Å². The number of amides is 3. The first-order chi connectivity index (χ1) is 13.0. The normalized spacial score (nSPS) is 13.2. The molecule has 0 bridgehead atoms. The Morgan fingerprint density at radius 2 is 1.81 bits per heavy atom. The van der Waals surface area contributed by atoms with E-state index in [-0.39, 0.29) is 25.4 Å². The number of carbonyl (C=O) groups is 3. The molecule has 1 heterocycles. The predicted octanol–water partition coefficient (Wildman–Crippen LogP) is 1.55. The highest BCUT2D eigenvalue weighted by atomic mass is 16.5. The molecular weight excluding hydrogens is 348 g/mol. The van der Waals surface area contributed by atoms with Crippen LogP contribution in [-0.2, 0) is 22.6 Å². The third-order valence-corrected chi connectivity index (χ3v) is 4.38. The van der Waals surface area contributed by atoms with E-state index in [2.05, 4.69) is 5.32 Å². The molecule has 0 aliphatic carbocycles. The van der Waals surface area contributed by atoms with Crippen molar-refractivity contribution in [3.63, 3.8) is 0 Å². The first kappa shape index (κ1) is 18.4. The number of methoxy groups -OCH3 is 2. The van der Waals surface area contributed by atoms with E-state index in [0.29, 0.717) is 22.6 Å². The lowest BCUT2D eigenvalue weighted by Gasteiger charge is -2.26. The summed E-state index contributed by atoms with van der Waals surface area (Å²) >= 11 is 0. The van der Waals surface area contributed by atoms with Gasteiger partial charge in [0.15, 0.2) is 11.5 Å². The van der Waals surface area contributed by atoms with Crippen LogP contribution >= 0.6 is 0 Å². The number of imide groups is 1. The van der Waals surface area contributed by atoms with Gasteiger partial charge in [-0.3, -0.25) is 19.3 Å². The van der Waals surface area contributed by atoms with E-state index in [1.165, 1.54) is 7.11 Å². The number of carbonyl (C=O) groups excluding carboxylic acids is 3. The van der Waals surface area contributed by atoms with Crippen molar-refractivity contribution >= 4 is 17.7 Å². The zero-order valence-corrected chi connectivity index (χ0v) is 15.2. The summed E-state index contributed by atoms with van der Waals surface area (Å²) < 4.78 is 10.4. The Kier molecular flexibility index (Phi) is 5.40. The Morgan fingerprint density at radius 1 is 1.07 bits per heavy atom. The number of hydrogen-bond donors (Lipinski definition) is 1. The standard InChI is InChI=1S/C20H20N2O5/c1-26-16-8-7-13(9-17(16)27-2)11-21-18(23)12-22-19(24)10-14-5-3-4-6-15(14)20(22)25/h3-9H,10-12H2,1-2H3,(H,21,23). The Balaban J connectivity index is 1.63. The van der Waals surface area contributed by atoms with Crippen molar-refractivity contribution in [2.45, 2.75) is 13.0 Å². The average Bonchev–Trinajstić information content (AvgIpc) is 2.69. The van der Waals surface area contributed by atoms with Gasteiger partial charge in [-0.25, -0.2) is 0 Å². The maximum absolute atomic E-state index is 12.5. The summed E-state index contributed by atoms with van der Waals surface area (Å²) in [5, 5.41) is 2.72. The summed E-state index contributed by atoms with van der Waals surface area (Å²) in [6, 6.07) is 12.2. The predicted molar refractivity (Wildman–Crippen MR) is 97.6 cm³/mol. The summed E-state index contributed by atoms with van der Waals surface area (Å²) in [6.07, 6.45) is 0.116. The minimum Gasteiger partial charge on any atom is -0.493 e. The first-order valence-corrected chi connectivity index (χ1v) is 8.43. The number of ether oxygens (including phenoxy) is 2. The third kappa shape index (κ3) is 3.92.